The average Bonchev–Trinajstić information content (AvgIpc) is 2.85. The Morgan fingerprint density at radius 3 is 2.45 bits per heavy atom. The third-order valence-electron chi connectivity index (χ3n) is 5.34. The van der Waals surface area contributed by atoms with Crippen molar-refractivity contribution in [2.75, 3.05) is 17.2 Å². The number of benzene rings is 2. The van der Waals surface area contributed by atoms with E-state index < -0.39 is 40.2 Å². The third kappa shape index (κ3) is 7.41. The molecule has 15 heteroatoms. The second kappa shape index (κ2) is 12.1. The van der Waals surface area contributed by atoms with Gasteiger partial charge in [-0.25, -0.2) is 27.3 Å². The van der Waals surface area contributed by atoms with Crippen molar-refractivity contribution in [3.05, 3.63) is 80.2 Å². The fraction of sp³-hybridized carbons (Fsp3) is 0.240. The van der Waals surface area contributed by atoms with E-state index in [-0.39, 0.29) is 38.0 Å². The van der Waals surface area contributed by atoms with Crippen molar-refractivity contribution >= 4 is 50.1 Å². The van der Waals surface area contributed by atoms with E-state index in [1.165, 1.54) is 50.3 Å². The summed E-state index contributed by atoms with van der Waals surface area (Å²) in [6.07, 6.45) is -2.61. The number of thioether (sulfide) groups is 1. The number of nitrogens with one attached hydrogen (secondary N) is 3. The minimum atomic E-state index is -4.44. The zero-order chi connectivity index (χ0) is 29.8. The molecule has 0 unspecified atom stereocenters. The van der Waals surface area contributed by atoms with Crippen molar-refractivity contribution in [3.8, 4) is 5.69 Å². The first-order valence-corrected chi connectivity index (χ1v) is 13.9. The van der Waals surface area contributed by atoms with Gasteiger partial charge in [0.25, 0.3) is 15.6 Å². The molecule has 0 aliphatic carbocycles. The Kier molecular flexibility index (Phi) is 9.30. The largest absolute Gasteiger partial charge is 0.405 e. The van der Waals surface area contributed by atoms with Gasteiger partial charge in [-0.1, -0.05) is 31.3 Å². The molecule has 3 N–H and O–H groups in total. The van der Waals surface area contributed by atoms with E-state index >= 15 is 4.39 Å². The molecule has 0 spiro atoms. The van der Waals surface area contributed by atoms with Gasteiger partial charge in [0.05, 0.1) is 16.6 Å². The first-order valence-electron chi connectivity index (χ1n) is 11.6. The van der Waals surface area contributed by atoms with Gasteiger partial charge in [-0.05, 0) is 61.6 Å². The molecular weight excluding hydrogens is 574 g/mol. The molecule has 3 rings (SSSR count). The van der Waals surface area contributed by atoms with Crippen molar-refractivity contribution in [2.24, 2.45) is 0 Å². The number of anilines is 2. The van der Waals surface area contributed by atoms with Gasteiger partial charge in [0, 0.05) is 11.4 Å². The van der Waals surface area contributed by atoms with Gasteiger partial charge in [-0.3, -0.25) is 9.36 Å². The lowest BCUT2D eigenvalue weighted by atomic mass is 10.2. The number of allylic oxidation sites excluding steroid dienone is 2. The third-order valence-corrected chi connectivity index (χ3v) is 8.49. The summed E-state index contributed by atoms with van der Waals surface area (Å²) < 4.78 is 80.4. The first kappa shape index (κ1) is 30.7. The number of hydrogen-bond acceptors (Lipinski definition) is 7. The van der Waals surface area contributed by atoms with E-state index in [0.29, 0.717) is 11.3 Å². The Hall–Kier alpha value is -3.85. The number of hydrogen-bond donors (Lipinski definition) is 3. The van der Waals surface area contributed by atoms with Crippen molar-refractivity contribution in [3.63, 3.8) is 0 Å². The van der Waals surface area contributed by atoms with Crippen molar-refractivity contribution in [2.45, 2.75) is 33.4 Å². The summed E-state index contributed by atoms with van der Waals surface area (Å²) in [6.45, 7) is 7.17. The Bertz CT molecular complexity index is 1670. The summed E-state index contributed by atoms with van der Waals surface area (Å²) in [5.74, 6) is -0.876. The lowest BCUT2D eigenvalue weighted by Crippen LogP contribution is -2.34. The highest BCUT2D eigenvalue weighted by Gasteiger charge is 2.27. The summed E-state index contributed by atoms with van der Waals surface area (Å²) in [7, 11) is -4.21. The molecule has 214 valence electrons. The van der Waals surface area contributed by atoms with E-state index in [0.717, 1.165) is 22.4 Å². The standard InChI is InChI=1S/C25H25F4N5O4S2/c1-5-14(3)39-22(6-2)40(37,38)33-24(36)32-17-8-10-21(19(26)11-17)34-15(4)31-20-12-16(30-13-25(27,28)29)7-9-18(20)23(34)35/h6-12,30H,3,5,13H2,1-2,4H3,(H2,32,33,36)/b22-6+. The number of amides is 2. The van der Waals surface area contributed by atoms with Crippen molar-refractivity contribution < 1.29 is 30.8 Å². The fourth-order valence-electron chi connectivity index (χ4n) is 3.47. The van der Waals surface area contributed by atoms with Crippen molar-refractivity contribution in [1.82, 2.24) is 14.3 Å². The summed E-state index contributed by atoms with van der Waals surface area (Å²) in [5, 5.41) is 4.48. The van der Waals surface area contributed by atoms with Gasteiger partial charge < -0.3 is 10.6 Å². The lowest BCUT2D eigenvalue weighted by Gasteiger charge is -2.15. The Morgan fingerprint density at radius 2 is 1.85 bits per heavy atom. The van der Waals surface area contributed by atoms with Crippen molar-refractivity contribution in [1.29, 1.82) is 0 Å². The van der Waals surface area contributed by atoms with Crippen LogP contribution in [0.4, 0.5) is 33.7 Å². The van der Waals surface area contributed by atoms with E-state index in [1.54, 1.807) is 6.92 Å². The highest BCUT2D eigenvalue weighted by Crippen LogP contribution is 2.30. The maximum atomic E-state index is 15.1. The molecule has 2 aromatic carbocycles. The first-order chi connectivity index (χ1) is 18.6. The fourth-order valence-corrected chi connectivity index (χ4v) is 5.64. The van der Waals surface area contributed by atoms with Crippen LogP contribution in [0.2, 0.25) is 0 Å². The Morgan fingerprint density at radius 1 is 1.18 bits per heavy atom. The average molecular weight is 600 g/mol. The van der Waals surface area contributed by atoms with Crippen LogP contribution in [-0.2, 0) is 10.0 Å². The number of carbonyl (C=O) groups excluding carboxylic acids is 1. The molecule has 0 atom stereocenters. The number of carbonyl (C=O) groups is 1. The Labute approximate surface area is 231 Å². The summed E-state index contributed by atoms with van der Waals surface area (Å²) >= 11 is 0.899. The van der Waals surface area contributed by atoms with Gasteiger partial charge in [-0.15, -0.1) is 0 Å². The van der Waals surface area contributed by atoms with E-state index in [2.05, 4.69) is 22.2 Å². The van der Waals surface area contributed by atoms with Gasteiger partial charge in [0.1, 0.15) is 22.4 Å². The van der Waals surface area contributed by atoms with Crippen LogP contribution < -0.4 is 20.9 Å². The summed E-state index contributed by atoms with van der Waals surface area (Å²) in [5.41, 5.74) is -0.755. The van der Waals surface area contributed by atoms with Crippen LogP contribution in [-0.4, -0.2) is 36.7 Å². The zero-order valence-electron chi connectivity index (χ0n) is 21.5. The monoisotopic (exact) mass is 599 g/mol. The van der Waals surface area contributed by atoms with Gasteiger partial charge in [0.15, 0.2) is 0 Å². The van der Waals surface area contributed by atoms with Gasteiger partial charge in [0.2, 0.25) is 0 Å². The number of urea groups is 1. The van der Waals surface area contributed by atoms with Crippen LogP contribution in [0.3, 0.4) is 0 Å². The minimum absolute atomic E-state index is 0.0396. The molecule has 3 aromatic rings. The number of aryl methyl sites for hydroxylation is 1. The molecule has 0 fully saturated rings. The SMILES string of the molecule is C=C(CC)S/C(=C\C)S(=O)(=O)NC(=O)Nc1ccc(-n2c(C)nc3cc(NCC(F)(F)F)ccc3c2=O)c(F)c1. The number of aromatic nitrogens is 2. The van der Waals surface area contributed by atoms with E-state index in [9.17, 15) is 31.2 Å². The van der Waals surface area contributed by atoms with Crippen LogP contribution in [0.15, 0.2) is 63.0 Å². The van der Waals surface area contributed by atoms with Crippen LogP contribution in [0.5, 0.6) is 0 Å². The number of rotatable bonds is 9. The molecule has 9 nitrogen and oxygen atoms in total. The highest BCUT2D eigenvalue weighted by molar-refractivity contribution is 8.20. The molecule has 1 aromatic heterocycles. The number of nitrogens with zero attached hydrogens (tertiary/aromatic N) is 2. The number of fused-ring (bicyclic) bond motifs is 1. The normalized spacial score (nSPS) is 12.3. The minimum Gasteiger partial charge on any atom is -0.376 e. The maximum Gasteiger partial charge on any atom is 0.405 e. The maximum absolute atomic E-state index is 15.1. The highest BCUT2D eigenvalue weighted by atomic mass is 32.3. The van der Waals surface area contributed by atoms with Crippen LogP contribution in [0, 0.1) is 12.7 Å². The van der Waals surface area contributed by atoms with Crippen LogP contribution in [0.25, 0.3) is 16.6 Å². The zero-order valence-corrected chi connectivity index (χ0v) is 23.2. The number of halogens is 4. The topological polar surface area (TPSA) is 122 Å². The quantitative estimate of drug-likeness (QED) is 0.267. The van der Waals surface area contributed by atoms with Crippen LogP contribution in [0.1, 0.15) is 26.1 Å². The molecule has 0 aliphatic heterocycles. The molecule has 2 amide bonds. The van der Waals surface area contributed by atoms with Crippen LogP contribution >= 0.6 is 11.8 Å². The Balaban J connectivity index is 1.84. The molecule has 0 saturated heterocycles. The second-order valence-electron chi connectivity index (χ2n) is 8.33. The predicted octanol–water partition coefficient (Wildman–Crippen LogP) is 5.78. The molecule has 0 aliphatic rings. The molecular formula is C25H25F4N5O4S2. The van der Waals surface area contributed by atoms with E-state index in [4.69, 9.17) is 0 Å². The molecule has 0 radical (unpaired) electrons. The molecule has 40 heavy (non-hydrogen) atoms. The van der Waals surface area contributed by atoms with Gasteiger partial charge in [-0.2, -0.15) is 13.2 Å². The predicted molar refractivity (Wildman–Crippen MR) is 148 cm³/mol. The summed E-state index contributed by atoms with van der Waals surface area (Å²) in [4.78, 5) is 30.3. The van der Waals surface area contributed by atoms with Gasteiger partial charge >= 0.3 is 12.2 Å². The lowest BCUT2D eigenvalue weighted by molar-refractivity contribution is -0.115. The summed E-state index contributed by atoms with van der Waals surface area (Å²) in [6, 6.07) is 6.06. The molecule has 0 bridgehead atoms. The number of sulfonamides is 1. The smallest absolute Gasteiger partial charge is 0.376 e. The van der Waals surface area contributed by atoms with E-state index in [1.807, 2.05) is 4.72 Å². The second-order valence-corrected chi connectivity index (χ2v) is 11.5. The molecule has 1 heterocycles. The molecule has 0 saturated carbocycles. The number of alkyl halides is 3.